The minimum absolute atomic E-state index is 0.000270. The van der Waals surface area contributed by atoms with E-state index in [1.807, 2.05) is 36.4 Å². The normalized spacial score (nSPS) is 18.4. The van der Waals surface area contributed by atoms with Gasteiger partial charge < -0.3 is 19.9 Å². The molecule has 2 saturated heterocycles. The van der Waals surface area contributed by atoms with E-state index in [0.717, 1.165) is 16.9 Å². The number of carbonyl (C=O) groups is 3. The number of amides is 3. The second-order valence-electron chi connectivity index (χ2n) is 7.30. The molecule has 2 aliphatic heterocycles. The Balaban J connectivity index is 1.35. The summed E-state index contributed by atoms with van der Waals surface area (Å²) in [6.07, 6.45) is 0. The van der Waals surface area contributed by atoms with E-state index in [2.05, 4.69) is 5.32 Å². The maximum Gasteiger partial charge on any atom is 0.251 e. The third-order valence-corrected chi connectivity index (χ3v) is 6.31. The average molecular weight is 426 g/mol. The van der Waals surface area contributed by atoms with E-state index >= 15 is 0 Å². The lowest BCUT2D eigenvalue weighted by molar-refractivity contribution is -0.153. The molecule has 0 spiro atoms. The topological polar surface area (TPSA) is 79.0 Å². The molecular formula is C22H23N3O4S. The van der Waals surface area contributed by atoms with Gasteiger partial charge in [0.25, 0.3) is 5.91 Å². The fraction of sp³-hybridized carbons (Fsp3) is 0.318. The second-order valence-corrected chi connectivity index (χ2v) is 8.30. The summed E-state index contributed by atoms with van der Waals surface area (Å²) in [6.45, 7) is 0.877. The van der Waals surface area contributed by atoms with Gasteiger partial charge in [0.2, 0.25) is 11.8 Å². The quantitative estimate of drug-likeness (QED) is 0.765. The Morgan fingerprint density at radius 1 is 1.17 bits per heavy atom. The van der Waals surface area contributed by atoms with Gasteiger partial charge in [-0.25, -0.2) is 0 Å². The van der Waals surface area contributed by atoms with Crippen molar-refractivity contribution in [1.82, 2.24) is 15.1 Å². The number of ether oxygens (including phenoxy) is 1. The van der Waals surface area contributed by atoms with Crippen LogP contribution in [0.3, 0.4) is 0 Å². The van der Waals surface area contributed by atoms with E-state index in [9.17, 15) is 14.4 Å². The summed E-state index contributed by atoms with van der Waals surface area (Å²) in [5.41, 5.74) is 2.38. The smallest absolute Gasteiger partial charge is 0.251 e. The van der Waals surface area contributed by atoms with Crippen molar-refractivity contribution in [2.24, 2.45) is 0 Å². The average Bonchev–Trinajstić information content (AvgIpc) is 3.27. The lowest BCUT2D eigenvalue weighted by atomic mass is 10.1. The van der Waals surface area contributed by atoms with E-state index < -0.39 is 0 Å². The van der Waals surface area contributed by atoms with Gasteiger partial charge in [0.1, 0.15) is 18.3 Å². The molecule has 2 aliphatic rings. The molecule has 156 valence electrons. The highest BCUT2D eigenvalue weighted by Gasteiger charge is 2.42. The summed E-state index contributed by atoms with van der Waals surface area (Å²) in [5, 5.41) is 2.89. The molecule has 1 N–H and O–H groups in total. The van der Waals surface area contributed by atoms with E-state index in [1.54, 1.807) is 40.8 Å². The van der Waals surface area contributed by atoms with Gasteiger partial charge in [-0.05, 0) is 35.4 Å². The van der Waals surface area contributed by atoms with Crippen LogP contribution in [0.2, 0.25) is 0 Å². The Hall–Kier alpha value is -3.00. The van der Waals surface area contributed by atoms with Crippen LogP contribution in [0.1, 0.15) is 21.5 Å². The van der Waals surface area contributed by atoms with Crippen LogP contribution in [0.5, 0.6) is 5.75 Å². The minimum Gasteiger partial charge on any atom is -0.497 e. The number of carbonyl (C=O) groups excluding carboxylic acids is 3. The van der Waals surface area contributed by atoms with E-state index in [0.29, 0.717) is 30.3 Å². The first kappa shape index (κ1) is 20.3. The zero-order valence-corrected chi connectivity index (χ0v) is 17.5. The molecule has 3 amide bonds. The van der Waals surface area contributed by atoms with Crippen LogP contribution in [0, 0.1) is 0 Å². The molecule has 8 heteroatoms. The van der Waals surface area contributed by atoms with Crippen LogP contribution in [0.25, 0.3) is 0 Å². The molecule has 7 nitrogen and oxygen atoms in total. The van der Waals surface area contributed by atoms with E-state index in [4.69, 9.17) is 4.74 Å². The van der Waals surface area contributed by atoms with Crippen molar-refractivity contribution in [2.45, 2.75) is 19.1 Å². The highest BCUT2D eigenvalue weighted by molar-refractivity contribution is 7.99. The number of nitrogens with one attached hydrogen (secondary N) is 1. The third-order valence-electron chi connectivity index (χ3n) is 5.30. The Morgan fingerprint density at radius 2 is 1.97 bits per heavy atom. The molecular weight excluding hydrogens is 402 g/mol. The lowest BCUT2D eigenvalue weighted by Gasteiger charge is -2.35. The zero-order valence-electron chi connectivity index (χ0n) is 16.7. The van der Waals surface area contributed by atoms with Crippen molar-refractivity contribution in [3.8, 4) is 5.75 Å². The molecule has 0 bridgehead atoms. The molecule has 1 atom stereocenters. The van der Waals surface area contributed by atoms with Gasteiger partial charge >= 0.3 is 0 Å². The summed E-state index contributed by atoms with van der Waals surface area (Å²) < 4.78 is 5.19. The number of nitrogens with zero attached hydrogens (tertiary/aromatic N) is 2. The molecule has 0 aliphatic carbocycles. The fourth-order valence-electron chi connectivity index (χ4n) is 3.62. The highest BCUT2D eigenvalue weighted by atomic mass is 32.2. The van der Waals surface area contributed by atoms with Crippen molar-refractivity contribution in [2.75, 3.05) is 25.3 Å². The van der Waals surface area contributed by atoms with E-state index in [1.165, 1.54) is 0 Å². The number of benzene rings is 2. The summed E-state index contributed by atoms with van der Waals surface area (Å²) in [5.74, 6) is 1.83. The van der Waals surface area contributed by atoms with Crippen LogP contribution in [-0.2, 0) is 22.7 Å². The predicted octanol–water partition coefficient (Wildman–Crippen LogP) is 1.87. The summed E-state index contributed by atoms with van der Waals surface area (Å²) in [7, 11) is 1.61. The first-order valence-corrected chi connectivity index (χ1v) is 10.9. The maximum absolute atomic E-state index is 12.6. The van der Waals surface area contributed by atoms with Gasteiger partial charge in [0.05, 0.1) is 13.0 Å². The molecule has 30 heavy (non-hydrogen) atoms. The van der Waals surface area contributed by atoms with E-state index in [-0.39, 0.29) is 30.3 Å². The van der Waals surface area contributed by atoms with Crippen molar-refractivity contribution >= 4 is 29.5 Å². The number of piperazine rings is 1. The molecule has 0 aromatic heterocycles. The van der Waals surface area contributed by atoms with Gasteiger partial charge in [0.15, 0.2) is 0 Å². The van der Waals surface area contributed by atoms with Gasteiger partial charge in [0, 0.05) is 24.4 Å². The van der Waals surface area contributed by atoms with Gasteiger partial charge in [-0.15, -0.1) is 11.8 Å². The minimum atomic E-state index is -0.335. The van der Waals surface area contributed by atoms with Gasteiger partial charge in [-0.1, -0.05) is 24.3 Å². The van der Waals surface area contributed by atoms with Crippen LogP contribution >= 0.6 is 11.8 Å². The monoisotopic (exact) mass is 425 g/mol. The molecule has 0 radical (unpaired) electrons. The summed E-state index contributed by atoms with van der Waals surface area (Å²) in [6, 6.07) is 14.3. The number of hydrogen-bond donors (Lipinski definition) is 1. The lowest BCUT2D eigenvalue weighted by Crippen LogP contribution is -2.57. The predicted molar refractivity (Wildman–Crippen MR) is 114 cm³/mol. The molecule has 2 aromatic carbocycles. The molecule has 2 heterocycles. The molecule has 0 saturated carbocycles. The second kappa shape index (κ2) is 8.79. The fourth-order valence-corrected chi connectivity index (χ4v) is 4.79. The molecule has 2 aromatic rings. The van der Waals surface area contributed by atoms with Crippen LogP contribution in [0.4, 0.5) is 0 Å². The highest BCUT2D eigenvalue weighted by Crippen LogP contribution is 2.26. The molecule has 2 fully saturated rings. The number of fused-ring (bicyclic) bond motifs is 1. The Kier molecular flexibility index (Phi) is 5.94. The number of methoxy groups -OCH3 is 1. The summed E-state index contributed by atoms with van der Waals surface area (Å²) >= 11 is 1.61. The first-order valence-electron chi connectivity index (χ1n) is 9.71. The summed E-state index contributed by atoms with van der Waals surface area (Å²) in [4.78, 5) is 40.6. The number of rotatable bonds is 6. The Labute approximate surface area is 179 Å². The number of thioether (sulfide) groups is 1. The van der Waals surface area contributed by atoms with Crippen LogP contribution in [0.15, 0.2) is 48.5 Å². The van der Waals surface area contributed by atoms with Crippen molar-refractivity contribution < 1.29 is 19.1 Å². The number of hydrogen-bond acceptors (Lipinski definition) is 5. The Bertz CT molecular complexity index is 963. The third kappa shape index (κ3) is 4.28. The zero-order chi connectivity index (χ0) is 21.1. The van der Waals surface area contributed by atoms with Crippen molar-refractivity contribution in [3.63, 3.8) is 0 Å². The first-order chi connectivity index (χ1) is 14.5. The SMILES string of the molecule is COc1cccc(CNC(=O)c2ccc(CN3CC(=O)N4CSC[C@H]4C3=O)cc2)c1. The standard InChI is InChI=1S/C22H23N3O4S/c1-29-18-4-2-3-16(9-18)10-23-21(27)17-7-5-15(6-8-17)11-24-12-20(26)25-14-30-13-19(25)22(24)28/h2-9,19H,10-14H2,1H3,(H,23,27)/t19-/m0/s1. The molecule has 4 rings (SSSR count). The van der Waals surface area contributed by atoms with Gasteiger partial charge in [-0.2, -0.15) is 0 Å². The molecule has 0 unspecified atom stereocenters. The van der Waals surface area contributed by atoms with Crippen molar-refractivity contribution in [3.05, 3.63) is 65.2 Å². The van der Waals surface area contributed by atoms with Crippen LogP contribution in [-0.4, -0.2) is 58.8 Å². The van der Waals surface area contributed by atoms with Crippen molar-refractivity contribution in [1.29, 1.82) is 0 Å². The van der Waals surface area contributed by atoms with Crippen LogP contribution < -0.4 is 10.1 Å². The largest absolute Gasteiger partial charge is 0.497 e. The van der Waals surface area contributed by atoms with Gasteiger partial charge in [-0.3, -0.25) is 14.4 Å². The maximum atomic E-state index is 12.6. The Morgan fingerprint density at radius 3 is 2.73 bits per heavy atom.